The van der Waals surface area contributed by atoms with Crippen LogP contribution in [-0.4, -0.2) is 53.0 Å². The molecule has 2 aliphatic heterocycles. The van der Waals surface area contributed by atoms with Gasteiger partial charge in [-0.3, -0.25) is 19.7 Å². The lowest BCUT2D eigenvalue weighted by molar-refractivity contribution is -0.136. The van der Waals surface area contributed by atoms with E-state index in [1.807, 2.05) is 12.1 Å². The van der Waals surface area contributed by atoms with Gasteiger partial charge in [-0.2, -0.15) is 0 Å². The van der Waals surface area contributed by atoms with Gasteiger partial charge in [-0.25, -0.2) is 0 Å². The fourth-order valence-electron chi connectivity index (χ4n) is 3.86. The zero-order valence-corrected chi connectivity index (χ0v) is 15.9. The molecule has 1 aromatic rings. The molecule has 0 aliphatic carbocycles. The predicted octanol–water partition coefficient (Wildman–Crippen LogP) is 0.0271. The van der Waals surface area contributed by atoms with Crippen LogP contribution < -0.4 is 16.4 Å². The highest BCUT2D eigenvalue weighted by molar-refractivity contribution is 6.05. The average Bonchev–Trinajstić information content (AvgIpc) is 3.02. The largest absolute Gasteiger partial charge is 0.395 e. The van der Waals surface area contributed by atoms with Gasteiger partial charge in [0, 0.05) is 31.1 Å². The minimum absolute atomic E-state index is 0.0225. The molecule has 0 bridgehead atoms. The zero-order chi connectivity index (χ0) is 20.1. The quantitative estimate of drug-likeness (QED) is 0.349. The first kappa shape index (κ1) is 20.4. The second-order valence-electron chi connectivity index (χ2n) is 7.39. The molecule has 1 fully saturated rings. The number of nitrogens with zero attached hydrogens (tertiary/aromatic N) is 1. The van der Waals surface area contributed by atoms with Crippen molar-refractivity contribution in [1.29, 1.82) is 0 Å². The second kappa shape index (κ2) is 9.27. The fraction of sp³-hybridized carbons (Fsp3) is 0.550. The van der Waals surface area contributed by atoms with E-state index < -0.39 is 11.9 Å². The summed E-state index contributed by atoms with van der Waals surface area (Å²) in [6, 6.07) is 4.94. The molecule has 0 spiro atoms. The molecule has 0 radical (unpaired) electrons. The van der Waals surface area contributed by atoms with E-state index in [-0.39, 0.29) is 30.9 Å². The number of piperidine rings is 1. The molecule has 0 aromatic heterocycles. The van der Waals surface area contributed by atoms with Crippen LogP contribution >= 0.6 is 0 Å². The van der Waals surface area contributed by atoms with Crippen LogP contribution in [0.5, 0.6) is 0 Å². The number of rotatable bonds is 9. The Morgan fingerprint density at radius 3 is 2.82 bits per heavy atom. The number of unbranched alkanes of at least 4 members (excludes halogenated alkanes) is 1. The number of hydrogen-bond acceptors (Lipinski definition) is 6. The van der Waals surface area contributed by atoms with Crippen LogP contribution in [0.3, 0.4) is 0 Å². The lowest BCUT2D eigenvalue weighted by Crippen LogP contribution is -2.52. The number of amides is 3. The van der Waals surface area contributed by atoms with Crippen LogP contribution in [0.1, 0.15) is 53.6 Å². The molecule has 1 unspecified atom stereocenters. The molecule has 5 N–H and O–H groups in total. The first-order chi connectivity index (χ1) is 13.5. The summed E-state index contributed by atoms with van der Waals surface area (Å²) in [5, 5.41) is 15.2. The molecule has 3 amide bonds. The Labute approximate surface area is 164 Å². The highest BCUT2D eigenvalue weighted by Crippen LogP contribution is 2.29. The van der Waals surface area contributed by atoms with E-state index in [1.165, 1.54) is 0 Å². The van der Waals surface area contributed by atoms with Gasteiger partial charge < -0.3 is 21.1 Å². The van der Waals surface area contributed by atoms with Crippen LogP contribution in [0.15, 0.2) is 18.2 Å². The van der Waals surface area contributed by atoms with Crippen molar-refractivity contribution in [1.82, 2.24) is 15.5 Å². The lowest BCUT2D eigenvalue weighted by Gasteiger charge is -2.29. The topological polar surface area (TPSA) is 125 Å². The first-order valence-electron chi connectivity index (χ1n) is 9.85. The number of fused-ring (bicyclic) bond motifs is 1. The number of benzene rings is 1. The third kappa shape index (κ3) is 4.40. The van der Waals surface area contributed by atoms with E-state index >= 15 is 0 Å². The molecule has 8 heteroatoms. The molecular weight excluding hydrogens is 360 g/mol. The Balaban J connectivity index is 1.68. The number of nitrogens with one attached hydrogen (secondary N) is 2. The normalized spacial score (nSPS) is 20.3. The van der Waals surface area contributed by atoms with E-state index in [2.05, 4.69) is 10.6 Å². The Morgan fingerprint density at radius 2 is 2.11 bits per heavy atom. The van der Waals surface area contributed by atoms with Gasteiger partial charge in [-0.05, 0) is 43.0 Å². The molecule has 8 nitrogen and oxygen atoms in total. The number of aliphatic hydroxyl groups excluding tert-OH is 1. The summed E-state index contributed by atoms with van der Waals surface area (Å²) in [5.74, 6) is -0.870. The summed E-state index contributed by atoms with van der Waals surface area (Å²) in [5.41, 5.74) is 8.02. The summed E-state index contributed by atoms with van der Waals surface area (Å²) >= 11 is 0. The van der Waals surface area contributed by atoms with Crippen molar-refractivity contribution in [2.24, 2.45) is 5.73 Å². The molecule has 1 saturated heterocycles. The van der Waals surface area contributed by atoms with E-state index in [0.29, 0.717) is 31.6 Å². The number of carbonyl (C=O) groups excluding carboxylic acids is 3. The van der Waals surface area contributed by atoms with Crippen molar-refractivity contribution in [3.05, 3.63) is 34.9 Å². The van der Waals surface area contributed by atoms with Crippen molar-refractivity contribution in [2.75, 3.05) is 13.2 Å². The molecule has 152 valence electrons. The smallest absolute Gasteiger partial charge is 0.255 e. The SMILES string of the molecule is NCCCC[C@@H](CO)NCc1cccc2c1CN(C1CCC(=O)NC1=O)C2=O. The number of aliphatic hydroxyl groups is 1. The summed E-state index contributed by atoms with van der Waals surface area (Å²) in [7, 11) is 0. The maximum atomic E-state index is 12.8. The molecule has 2 aliphatic rings. The van der Waals surface area contributed by atoms with Crippen molar-refractivity contribution >= 4 is 17.7 Å². The molecular formula is C20H28N4O4. The molecule has 28 heavy (non-hydrogen) atoms. The van der Waals surface area contributed by atoms with E-state index in [9.17, 15) is 19.5 Å². The fourth-order valence-corrected chi connectivity index (χ4v) is 3.86. The van der Waals surface area contributed by atoms with Gasteiger partial charge in [0.05, 0.1) is 6.61 Å². The summed E-state index contributed by atoms with van der Waals surface area (Å²) in [6.07, 6.45) is 3.30. The monoisotopic (exact) mass is 388 g/mol. The van der Waals surface area contributed by atoms with Gasteiger partial charge in [0.15, 0.2) is 0 Å². The number of carbonyl (C=O) groups is 3. The Kier molecular flexibility index (Phi) is 6.77. The van der Waals surface area contributed by atoms with Gasteiger partial charge in [0.1, 0.15) is 6.04 Å². The number of nitrogens with two attached hydrogens (primary N) is 1. The Bertz CT molecular complexity index is 752. The summed E-state index contributed by atoms with van der Waals surface area (Å²) < 4.78 is 0. The third-order valence-electron chi connectivity index (χ3n) is 5.49. The van der Waals surface area contributed by atoms with Crippen LogP contribution in [0, 0.1) is 0 Å². The maximum Gasteiger partial charge on any atom is 0.255 e. The third-order valence-corrected chi connectivity index (χ3v) is 5.49. The Morgan fingerprint density at radius 1 is 1.29 bits per heavy atom. The van der Waals surface area contributed by atoms with E-state index in [4.69, 9.17) is 5.73 Å². The minimum Gasteiger partial charge on any atom is -0.395 e. The van der Waals surface area contributed by atoms with Gasteiger partial charge >= 0.3 is 0 Å². The zero-order valence-electron chi connectivity index (χ0n) is 15.9. The maximum absolute atomic E-state index is 12.8. The molecule has 0 saturated carbocycles. The summed E-state index contributed by atoms with van der Waals surface area (Å²) in [4.78, 5) is 38.0. The van der Waals surface area contributed by atoms with Crippen molar-refractivity contribution < 1.29 is 19.5 Å². The minimum atomic E-state index is -0.611. The molecule has 3 rings (SSSR count). The first-order valence-corrected chi connectivity index (χ1v) is 9.85. The summed E-state index contributed by atoms with van der Waals surface area (Å²) in [6.45, 7) is 1.58. The highest BCUT2D eigenvalue weighted by atomic mass is 16.3. The average molecular weight is 388 g/mol. The van der Waals surface area contributed by atoms with Crippen molar-refractivity contribution in [3.63, 3.8) is 0 Å². The van der Waals surface area contributed by atoms with Crippen molar-refractivity contribution in [2.45, 2.75) is 57.3 Å². The van der Waals surface area contributed by atoms with Crippen LogP contribution in [0.4, 0.5) is 0 Å². The van der Waals surface area contributed by atoms with Gasteiger partial charge in [0.25, 0.3) is 5.91 Å². The number of hydrogen-bond donors (Lipinski definition) is 4. The molecule has 2 atom stereocenters. The lowest BCUT2D eigenvalue weighted by atomic mass is 10.0. The van der Waals surface area contributed by atoms with Crippen LogP contribution in [0.25, 0.3) is 0 Å². The van der Waals surface area contributed by atoms with Gasteiger partial charge in [-0.1, -0.05) is 18.6 Å². The second-order valence-corrected chi connectivity index (χ2v) is 7.39. The molecule has 1 aromatic carbocycles. The van der Waals surface area contributed by atoms with Gasteiger partial charge in [-0.15, -0.1) is 0 Å². The Hall–Kier alpha value is -2.29. The molecule has 2 heterocycles. The standard InChI is InChI=1S/C20H28N4O4/c21-9-2-1-5-14(12-25)22-10-13-4-3-6-15-16(13)11-24(20(15)28)17-7-8-18(26)23-19(17)27/h3-4,6,14,17,22,25H,1-2,5,7-12,21H2,(H,23,26,27)/t14-,17?/m0/s1. The van der Waals surface area contributed by atoms with Crippen LogP contribution in [-0.2, 0) is 22.7 Å². The predicted molar refractivity (Wildman–Crippen MR) is 103 cm³/mol. The highest BCUT2D eigenvalue weighted by Gasteiger charge is 2.39. The van der Waals surface area contributed by atoms with Gasteiger partial charge in [0.2, 0.25) is 11.8 Å². The number of imide groups is 1. The van der Waals surface area contributed by atoms with E-state index in [1.54, 1.807) is 11.0 Å². The van der Waals surface area contributed by atoms with Crippen molar-refractivity contribution in [3.8, 4) is 0 Å². The van der Waals surface area contributed by atoms with E-state index in [0.717, 1.165) is 30.4 Å². The van der Waals surface area contributed by atoms with Crippen LogP contribution in [0.2, 0.25) is 0 Å².